The third kappa shape index (κ3) is 4.55. The minimum atomic E-state index is -0.534. The maximum atomic E-state index is 12.9. The number of likely N-dealkylation sites (tertiary alicyclic amines) is 1. The molecule has 1 aliphatic heterocycles. The van der Waals surface area contributed by atoms with E-state index in [0.29, 0.717) is 19.5 Å². The smallest absolute Gasteiger partial charge is 0.410 e. The van der Waals surface area contributed by atoms with Gasteiger partial charge in [0.2, 0.25) is 0 Å². The van der Waals surface area contributed by atoms with Gasteiger partial charge in [0.05, 0.1) is 0 Å². The summed E-state index contributed by atoms with van der Waals surface area (Å²) in [6.45, 7) is 6.39. The summed E-state index contributed by atoms with van der Waals surface area (Å²) in [7, 11) is 0. The predicted octanol–water partition coefficient (Wildman–Crippen LogP) is 3.19. The van der Waals surface area contributed by atoms with Crippen LogP contribution in [0.2, 0.25) is 0 Å². The lowest BCUT2D eigenvalue weighted by Gasteiger charge is -2.24. The molecule has 2 rings (SSSR count). The molecule has 1 saturated heterocycles. The number of carbonyl (C=O) groups excluding carboxylic acids is 2. The quantitative estimate of drug-likeness (QED) is 0.861. The number of hydrogen-bond acceptors (Lipinski definition) is 3. The monoisotopic (exact) mass is 307 g/mol. The second-order valence-electron chi connectivity index (χ2n) is 6.68. The van der Waals surface area contributed by atoms with E-state index < -0.39 is 5.60 Å². The molecule has 0 aromatic heterocycles. The van der Waals surface area contributed by atoms with E-state index in [1.54, 1.807) is 17.0 Å². The fourth-order valence-corrected chi connectivity index (χ4v) is 2.46. The lowest BCUT2D eigenvalue weighted by Crippen LogP contribution is -2.36. The van der Waals surface area contributed by atoms with Gasteiger partial charge in [-0.15, -0.1) is 0 Å². The van der Waals surface area contributed by atoms with Crippen molar-refractivity contribution < 1.29 is 18.7 Å². The van der Waals surface area contributed by atoms with Gasteiger partial charge in [0.15, 0.2) is 0 Å². The molecule has 1 unspecified atom stereocenters. The van der Waals surface area contributed by atoms with Crippen molar-refractivity contribution in [3.63, 3.8) is 0 Å². The van der Waals surface area contributed by atoms with Crippen molar-refractivity contribution in [1.82, 2.24) is 4.90 Å². The van der Waals surface area contributed by atoms with Crippen LogP contribution in [0.1, 0.15) is 32.8 Å². The standard InChI is InChI=1S/C17H22FNO3/c1-17(2,3)22-16(21)19-9-8-13(11-19)15(20)10-12-4-6-14(18)7-5-12/h4-7,13H,8-11H2,1-3H3. The van der Waals surface area contributed by atoms with Gasteiger partial charge in [-0.05, 0) is 44.9 Å². The first kappa shape index (κ1) is 16.5. The third-order valence-electron chi connectivity index (χ3n) is 3.59. The summed E-state index contributed by atoms with van der Waals surface area (Å²) in [6, 6.07) is 5.94. The van der Waals surface area contributed by atoms with Crippen LogP contribution in [0.25, 0.3) is 0 Å². The van der Waals surface area contributed by atoms with Crippen LogP contribution in [0, 0.1) is 11.7 Å². The Hall–Kier alpha value is -1.91. The van der Waals surface area contributed by atoms with Gasteiger partial charge in [-0.1, -0.05) is 12.1 Å². The van der Waals surface area contributed by atoms with Crippen molar-refractivity contribution in [2.75, 3.05) is 13.1 Å². The number of Topliss-reactive ketones (excluding diaryl/α,β-unsaturated/α-hetero) is 1. The molecule has 1 aliphatic rings. The minimum absolute atomic E-state index is 0.0812. The number of rotatable bonds is 3. The molecule has 1 heterocycles. The van der Waals surface area contributed by atoms with Gasteiger partial charge in [0, 0.05) is 25.4 Å². The highest BCUT2D eigenvalue weighted by Gasteiger charge is 2.33. The molecule has 1 atom stereocenters. The van der Waals surface area contributed by atoms with Crippen LogP contribution in [-0.4, -0.2) is 35.5 Å². The van der Waals surface area contributed by atoms with Gasteiger partial charge in [0.1, 0.15) is 17.2 Å². The summed E-state index contributed by atoms with van der Waals surface area (Å²) in [4.78, 5) is 25.8. The zero-order valence-corrected chi connectivity index (χ0v) is 13.3. The lowest BCUT2D eigenvalue weighted by molar-refractivity contribution is -0.121. The highest BCUT2D eigenvalue weighted by atomic mass is 19.1. The molecule has 0 radical (unpaired) electrons. The van der Waals surface area contributed by atoms with Gasteiger partial charge >= 0.3 is 6.09 Å². The summed E-state index contributed by atoms with van der Waals surface area (Å²) in [5.74, 6) is -0.400. The summed E-state index contributed by atoms with van der Waals surface area (Å²) in [6.07, 6.45) is 0.552. The first-order valence-corrected chi connectivity index (χ1v) is 7.50. The van der Waals surface area contributed by atoms with E-state index in [1.165, 1.54) is 12.1 Å². The number of carbonyl (C=O) groups is 2. The summed E-state index contributed by atoms with van der Waals surface area (Å²) < 4.78 is 18.2. The Labute approximate surface area is 130 Å². The van der Waals surface area contributed by atoms with Gasteiger partial charge < -0.3 is 9.64 Å². The second-order valence-corrected chi connectivity index (χ2v) is 6.68. The first-order chi connectivity index (χ1) is 10.2. The maximum absolute atomic E-state index is 12.9. The zero-order chi connectivity index (χ0) is 16.3. The largest absolute Gasteiger partial charge is 0.444 e. The van der Waals surface area contributed by atoms with Crippen LogP contribution in [0.5, 0.6) is 0 Å². The fraction of sp³-hybridized carbons (Fsp3) is 0.529. The molecule has 0 aliphatic carbocycles. The Kier molecular flexibility index (Phi) is 4.84. The van der Waals surface area contributed by atoms with Crippen molar-refractivity contribution in [3.05, 3.63) is 35.6 Å². The molecule has 5 heteroatoms. The Bertz CT molecular complexity index is 548. The van der Waals surface area contributed by atoms with E-state index in [0.717, 1.165) is 5.56 Å². The van der Waals surface area contributed by atoms with E-state index in [2.05, 4.69) is 0 Å². The van der Waals surface area contributed by atoms with Crippen LogP contribution in [-0.2, 0) is 16.0 Å². The van der Waals surface area contributed by atoms with Crippen molar-refractivity contribution in [2.45, 2.75) is 39.2 Å². The number of halogens is 1. The van der Waals surface area contributed by atoms with E-state index in [4.69, 9.17) is 4.74 Å². The highest BCUT2D eigenvalue weighted by Crippen LogP contribution is 2.21. The van der Waals surface area contributed by atoms with Crippen LogP contribution < -0.4 is 0 Å². The normalized spacial score (nSPS) is 18.4. The van der Waals surface area contributed by atoms with Crippen molar-refractivity contribution in [3.8, 4) is 0 Å². The van der Waals surface area contributed by atoms with Crippen molar-refractivity contribution in [1.29, 1.82) is 0 Å². The van der Waals surface area contributed by atoms with Gasteiger partial charge in [-0.3, -0.25) is 4.79 Å². The van der Waals surface area contributed by atoms with Gasteiger partial charge in [-0.2, -0.15) is 0 Å². The molecule has 1 amide bonds. The number of ketones is 1. The molecule has 0 bridgehead atoms. The molecule has 0 N–H and O–H groups in total. The predicted molar refractivity (Wildman–Crippen MR) is 81.0 cm³/mol. The number of nitrogens with zero attached hydrogens (tertiary/aromatic N) is 1. The van der Waals surface area contributed by atoms with E-state index in [-0.39, 0.29) is 30.0 Å². The first-order valence-electron chi connectivity index (χ1n) is 7.50. The van der Waals surface area contributed by atoms with Crippen LogP contribution in [0.3, 0.4) is 0 Å². The average molecular weight is 307 g/mol. The SMILES string of the molecule is CC(C)(C)OC(=O)N1CCC(C(=O)Cc2ccc(F)cc2)C1. The second kappa shape index (κ2) is 6.46. The van der Waals surface area contributed by atoms with Gasteiger partial charge in [0.25, 0.3) is 0 Å². The van der Waals surface area contributed by atoms with E-state index in [1.807, 2.05) is 20.8 Å². The number of hydrogen-bond donors (Lipinski definition) is 0. The van der Waals surface area contributed by atoms with Crippen LogP contribution in [0.15, 0.2) is 24.3 Å². The Morgan fingerprint density at radius 3 is 2.50 bits per heavy atom. The van der Waals surface area contributed by atoms with Gasteiger partial charge in [-0.25, -0.2) is 9.18 Å². The molecule has 1 fully saturated rings. The molecule has 1 aromatic carbocycles. The minimum Gasteiger partial charge on any atom is -0.444 e. The maximum Gasteiger partial charge on any atom is 0.410 e. The van der Waals surface area contributed by atoms with E-state index >= 15 is 0 Å². The molecule has 22 heavy (non-hydrogen) atoms. The molecule has 1 aromatic rings. The Morgan fingerprint density at radius 1 is 1.27 bits per heavy atom. The number of ether oxygens (including phenoxy) is 1. The topological polar surface area (TPSA) is 46.6 Å². The van der Waals surface area contributed by atoms with Crippen LogP contribution in [0.4, 0.5) is 9.18 Å². The summed E-state index contributed by atoms with van der Waals surface area (Å²) >= 11 is 0. The molecule has 4 nitrogen and oxygen atoms in total. The lowest BCUT2D eigenvalue weighted by atomic mass is 9.97. The zero-order valence-electron chi connectivity index (χ0n) is 13.3. The Balaban J connectivity index is 1.88. The molecular formula is C17H22FNO3. The summed E-state index contributed by atoms with van der Waals surface area (Å²) in [5.41, 5.74) is 0.259. The number of amides is 1. The third-order valence-corrected chi connectivity index (χ3v) is 3.59. The van der Waals surface area contributed by atoms with Crippen molar-refractivity contribution >= 4 is 11.9 Å². The summed E-state index contributed by atoms with van der Waals surface area (Å²) in [5, 5.41) is 0. The van der Waals surface area contributed by atoms with E-state index in [9.17, 15) is 14.0 Å². The van der Waals surface area contributed by atoms with Crippen molar-refractivity contribution in [2.24, 2.45) is 5.92 Å². The highest BCUT2D eigenvalue weighted by molar-refractivity contribution is 5.84. The average Bonchev–Trinajstić information content (AvgIpc) is 2.89. The van der Waals surface area contributed by atoms with Crippen LogP contribution >= 0.6 is 0 Å². The fourth-order valence-electron chi connectivity index (χ4n) is 2.46. The molecule has 0 spiro atoms. The Morgan fingerprint density at radius 2 is 1.91 bits per heavy atom. The molecule has 0 saturated carbocycles. The molecule has 120 valence electrons. The number of benzene rings is 1. The molecular weight excluding hydrogens is 285 g/mol.